The van der Waals surface area contributed by atoms with E-state index in [4.69, 9.17) is 5.73 Å². The van der Waals surface area contributed by atoms with Crippen molar-refractivity contribution in [3.63, 3.8) is 0 Å². The van der Waals surface area contributed by atoms with Gasteiger partial charge in [-0.2, -0.15) is 0 Å². The molecule has 0 fully saturated rings. The molecule has 2 N–H and O–H groups in total. The third kappa shape index (κ3) is 5.96. The summed E-state index contributed by atoms with van der Waals surface area (Å²) < 4.78 is 0. The van der Waals surface area contributed by atoms with Gasteiger partial charge in [-0.15, -0.1) is 0 Å². The van der Waals surface area contributed by atoms with E-state index >= 15 is 0 Å². The van der Waals surface area contributed by atoms with Crippen molar-refractivity contribution in [3.05, 3.63) is 29.8 Å². The van der Waals surface area contributed by atoms with Crippen LogP contribution in [0.25, 0.3) is 0 Å². The van der Waals surface area contributed by atoms with Gasteiger partial charge in [-0.1, -0.05) is 45.9 Å². The zero-order valence-electron chi connectivity index (χ0n) is 13.7. The molecule has 1 aromatic carbocycles. The molecule has 20 heavy (non-hydrogen) atoms. The molecule has 0 atom stereocenters. The van der Waals surface area contributed by atoms with Crippen LogP contribution in [0.15, 0.2) is 24.3 Å². The van der Waals surface area contributed by atoms with Gasteiger partial charge >= 0.3 is 0 Å². The Morgan fingerprint density at radius 1 is 0.950 bits per heavy atom. The normalized spacial score (nSPS) is 11.3. The van der Waals surface area contributed by atoms with Crippen molar-refractivity contribution in [1.29, 1.82) is 0 Å². The van der Waals surface area contributed by atoms with Crippen molar-refractivity contribution < 1.29 is 0 Å². The number of para-hydroxylation sites is 1. The van der Waals surface area contributed by atoms with Crippen molar-refractivity contribution in [2.45, 2.75) is 47.0 Å². The van der Waals surface area contributed by atoms with E-state index in [1.54, 1.807) is 0 Å². The summed E-state index contributed by atoms with van der Waals surface area (Å²) in [7, 11) is 0. The number of hydrogen-bond acceptors (Lipinski definition) is 2. The molecule has 2 nitrogen and oxygen atoms in total. The average Bonchev–Trinajstić information content (AvgIpc) is 2.40. The summed E-state index contributed by atoms with van der Waals surface area (Å²) in [6.07, 6.45) is 3.46. The molecular formula is C18H32N2. The van der Waals surface area contributed by atoms with Crippen LogP contribution in [0.1, 0.15) is 46.1 Å². The summed E-state index contributed by atoms with van der Waals surface area (Å²) in [4.78, 5) is 2.56. The molecule has 0 aliphatic carbocycles. The molecule has 1 aromatic rings. The second-order valence-electron chi connectivity index (χ2n) is 6.52. The highest BCUT2D eigenvalue weighted by molar-refractivity contribution is 5.53. The molecule has 114 valence electrons. The monoisotopic (exact) mass is 276 g/mol. The van der Waals surface area contributed by atoms with Crippen molar-refractivity contribution in [1.82, 2.24) is 0 Å². The zero-order valence-corrected chi connectivity index (χ0v) is 13.7. The van der Waals surface area contributed by atoms with E-state index in [1.807, 2.05) is 0 Å². The van der Waals surface area contributed by atoms with Gasteiger partial charge in [-0.3, -0.25) is 0 Å². The highest BCUT2D eigenvalue weighted by atomic mass is 15.1. The van der Waals surface area contributed by atoms with Crippen LogP contribution >= 0.6 is 0 Å². The number of nitrogens with zero attached hydrogens (tertiary/aromatic N) is 1. The predicted molar refractivity (Wildman–Crippen MR) is 90.3 cm³/mol. The van der Waals surface area contributed by atoms with Crippen LogP contribution < -0.4 is 10.6 Å². The third-order valence-electron chi connectivity index (χ3n) is 3.70. The van der Waals surface area contributed by atoms with Gasteiger partial charge in [0.15, 0.2) is 0 Å². The molecule has 0 aliphatic rings. The molecule has 0 spiro atoms. The van der Waals surface area contributed by atoms with E-state index in [2.05, 4.69) is 56.9 Å². The van der Waals surface area contributed by atoms with Gasteiger partial charge in [0.25, 0.3) is 0 Å². The Kier molecular flexibility index (Phi) is 7.68. The van der Waals surface area contributed by atoms with Crippen molar-refractivity contribution in [3.8, 4) is 0 Å². The second-order valence-corrected chi connectivity index (χ2v) is 6.52. The van der Waals surface area contributed by atoms with Crippen LogP contribution in [-0.2, 0) is 6.42 Å². The maximum absolute atomic E-state index is 5.76. The zero-order chi connectivity index (χ0) is 15.0. The van der Waals surface area contributed by atoms with Gasteiger partial charge in [-0.05, 0) is 49.3 Å². The summed E-state index contributed by atoms with van der Waals surface area (Å²) in [6.45, 7) is 12.2. The fraction of sp³-hybridized carbons (Fsp3) is 0.667. The Labute approximate surface area is 125 Å². The van der Waals surface area contributed by atoms with Gasteiger partial charge in [0, 0.05) is 18.8 Å². The molecule has 0 amide bonds. The first kappa shape index (κ1) is 17.0. The summed E-state index contributed by atoms with van der Waals surface area (Å²) in [5.74, 6) is 1.50. The Morgan fingerprint density at radius 3 is 2.00 bits per heavy atom. The lowest BCUT2D eigenvalue weighted by molar-refractivity contribution is 0.534. The minimum atomic E-state index is 0.721. The lowest BCUT2D eigenvalue weighted by Gasteiger charge is -2.28. The van der Waals surface area contributed by atoms with E-state index in [-0.39, 0.29) is 0 Å². The molecule has 2 heteroatoms. The maximum Gasteiger partial charge on any atom is 0.0399 e. The fourth-order valence-corrected chi connectivity index (χ4v) is 2.37. The Bertz CT molecular complexity index is 359. The molecular weight excluding hydrogens is 244 g/mol. The third-order valence-corrected chi connectivity index (χ3v) is 3.70. The van der Waals surface area contributed by atoms with Crippen LogP contribution in [0.5, 0.6) is 0 Å². The maximum atomic E-state index is 5.76. The highest BCUT2D eigenvalue weighted by Crippen LogP contribution is 2.23. The second kappa shape index (κ2) is 9.02. The van der Waals surface area contributed by atoms with Crippen molar-refractivity contribution >= 4 is 5.69 Å². The molecule has 0 unspecified atom stereocenters. The number of hydrogen-bond donors (Lipinski definition) is 1. The van der Waals surface area contributed by atoms with E-state index in [1.165, 1.54) is 24.1 Å². The van der Waals surface area contributed by atoms with Crippen LogP contribution in [0, 0.1) is 11.8 Å². The van der Waals surface area contributed by atoms with Crippen LogP contribution in [0.2, 0.25) is 0 Å². The average molecular weight is 276 g/mol. The minimum absolute atomic E-state index is 0.721. The lowest BCUT2D eigenvalue weighted by atomic mass is 10.0. The van der Waals surface area contributed by atoms with E-state index in [0.29, 0.717) is 0 Å². The highest BCUT2D eigenvalue weighted by Gasteiger charge is 2.11. The summed E-state index contributed by atoms with van der Waals surface area (Å²) in [6, 6.07) is 8.75. The molecule has 0 radical (unpaired) electrons. The largest absolute Gasteiger partial charge is 0.371 e. The van der Waals surface area contributed by atoms with Crippen molar-refractivity contribution in [2.75, 3.05) is 24.5 Å². The number of rotatable bonds is 9. The quantitative estimate of drug-likeness (QED) is 0.736. The fourth-order valence-electron chi connectivity index (χ4n) is 2.37. The summed E-state index contributed by atoms with van der Waals surface area (Å²) in [5, 5.41) is 0. The summed E-state index contributed by atoms with van der Waals surface area (Å²) in [5.41, 5.74) is 8.53. The molecule has 0 heterocycles. The van der Waals surface area contributed by atoms with Crippen LogP contribution in [0.4, 0.5) is 5.69 Å². The van der Waals surface area contributed by atoms with E-state index in [0.717, 1.165) is 37.9 Å². The smallest absolute Gasteiger partial charge is 0.0399 e. The van der Waals surface area contributed by atoms with Gasteiger partial charge in [0.1, 0.15) is 0 Å². The Hall–Kier alpha value is -1.02. The topological polar surface area (TPSA) is 29.3 Å². The first-order chi connectivity index (χ1) is 9.54. The minimum Gasteiger partial charge on any atom is -0.371 e. The number of anilines is 1. The summed E-state index contributed by atoms with van der Waals surface area (Å²) >= 11 is 0. The molecule has 1 rings (SSSR count). The standard InChI is InChI=1S/C18H32N2/c1-15(2)10-13-20(14-11-16(3)4)18-8-6-5-7-17(18)9-12-19/h5-8,15-16H,9-14,19H2,1-4H3. The molecule has 0 saturated carbocycles. The van der Waals surface area contributed by atoms with Crippen LogP contribution in [-0.4, -0.2) is 19.6 Å². The molecule has 0 bridgehead atoms. The predicted octanol–water partition coefficient (Wildman–Crippen LogP) is 4.09. The number of nitrogens with two attached hydrogens (primary N) is 1. The van der Waals surface area contributed by atoms with Gasteiger partial charge in [0.2, 0.25) is 0 Å². The van der Waals surface area contributed by atoms with Gasteiger partial charge < -0.3 is 10.6 Å². The SMILES string of the molecule is CC(C)CCN(CCC(C)C)c1ccccc1CCN. The van der Waals surface area contributed by atoms with Crippen LogP contribution in [0.3, 0.4) is 0 Å². The Balaban J connectivity index is 2.84. The molecule has 0 aliphatic heterocycles. The van der Waals surface area contributed by atoms with E-state index in [9.17, 15) is 0 Å². The van der Waals surface area contributed by atoms with Gasteiger partial charge in [-0.25, -0.2) is 0 Å². The number of benzene rings is 1. The molecule has 0 aromatic heterocycles. The first-order valence-electron chi connectivity index (χ1n) is 8.07. The lowest BCUT2D eigenvalue weighted by Crippen LogP contribution is -2.28. The van der Waals surface area contributed by atoms with Crippen molar-refractivity contribution in [2.24, 2.45) is 17.6 Å². The van der Waals surface area contributed by atoms with E-state index < -0.39 is 0 Å². The first-order valence-corrected chi connectivity index (χ1v) is 8.07. The van der Waals surface area contributed by atoms with Gasteiger partial charge in [0.05, 0.1) is 0 Å². The molecule has 0 saturated heterocycles. The Morgan fingerprint density at radius 2 is 1.50 bits per heavy atom.